The molecule has 1 unspecified atom stereocenters. The van der Waals surface area contributed by atoms with Crippen molar-refractivity contribution in [3.63, 3.8) is 0 Å². The van der Waals surface area contributed by atoms with Crippen LogP contribution in [0.1, 0.15) is 18.5 Å². The van der Waals surface area contributed by atoms with E-state index >= 15 is 0 Å². The molecule has 0 aromatic heterocycles. The SMILES string of the molecule is CCNC(c1ccc(F)cc1F)C(C(F)(F)F)C(F)(F)F. The number of hydrogen-bond acceptors (Lipinski definition) is 1. The van der Waals surface area contributed by atoms with Gasteiger partial charge >= 0.3 is 12.4 Å². The average Bonchev–Trinajstić information content (AvgIpc) is 2.24. The quantitative estimate of drug-likeness (QED) is 0.813. The zero-order chi connectivity index (χ0) is 16.4. The largest absolute Gasteiger partial charge is 0.402 e. The van der Waals surface area contributed by atoms with Gasteiger partial charge in [0.1, 0.15) is 11.6 Å². The van der Waals surface area contributed by atoms with E-state index in [2.05, 4.69) is 0 Å². The van der Waals surface area contributed by atoms with E-state index in [9.17, 15) is 35.1 Å². The molecule has 0 bridgehead atoms. The molecule has 1 aromatic carbocycles. The summed E-state index contributed by atoms with van der Waals surface area (Å²) in [6, 6.07) is -0.978. The number of benzene rings is 1. The normalized spacial score (nSPS) is 14.6. The molecule has 0 radical (unpaired) electrons. The van der Waals surface area contributed by atoms with Gasteiger partial charge < -0.3 is 5.32 Å². The summed E-state index contributed by atoms with van der Waals surface area (Å²) in [5.74, 6) is -6.37. The molecule has 0 saturated heterocycles. The molecule has 0 spiro atoms. The Kier molecular flexibility index (Phi) is 5.19. The molecule has 1 aromatic rings. The van der Waals surface area contributed by atoms with Gasteiger partial charge in [-0.3, -0.25) is 0 Å². The third kappa shape index (κ3) is 4.29. The molecule has 1 atom stereocenters. The van der Waals surface area contributed by atoms with Gasteiger partial charge in [0.2, 0.25) is 0 Å². The monoisotopic (exact) mass is 321 g/mol. The molecule has 0 heterocycles. The van der Waals surface area contributed by atoms with E-state index in [1.807, 2.05) is 5.32 Å². The summed E-state index contributed by atoms with van der Waals surface area (Å²) in [6.07, 6.45) is -11.3. The first-order valence-electron chi connectivity index (χ1n) is 5.80. The van der Waals surface area contributed by atoms with E-state index in [0.717, 1.165) is 0 Å². The van der Waals surface area contributed by atoms with Crippen LogP contribution in [0.5, 0.6) is 0 Å². The number of nitrogens with one attached hydrogen (secondary N) is 1. The zero-order valence-corrected chi connectivity index (χ0v) is 10.6. The van der Waals surface area contributed by atoms with Gasteiger partial charge in [0.25, 0.3) is 0 Å². The van der Waals surface area contributed by atoms with Crippen molar-refractivity contribution in [3.05, 3.63) is 35.4 Å². The first kappa shape index (κ1) is 17.7. The van der Waals surface area contributed by atoms with Crippen molar-refractivity contribution < 1.29 is 35.1 Å². The van der Waals surface area contributed by atoms with Crippen LogP contribution in [-0.2, 0) is 0 Å². The van der Waals surface area contributed by atoms with Crippen molar-refractivity contribution >= 4 is 0 Å². The Morgan fingerprint density at radius 1 is 1.00 bits per heavy atom. The smallest absolute Gasteiger partial charge is 0.309 e. The number of rotatable bonds is 4. The van der Waals surface area contributed by atoms with E-state index in [4.69, 9.17) is 0 Å². The highest BCUT2D eigenvalue weighted by Gasteiger charge is 2.60. The molecule has 120 valence electrons. The molecule has 0 aliphatic heterocycles. The maximum Gasteiger partial charge on any atom is 0.402 e. The van der Waals surface area contributed by atoms with Gasteiger partial charge in [0.05, 0.1) is 6.04 Å². The summed E-state index contributed by atoms with van der Waals surface area (Å²) in [7, 11) is 0. The van der Waals surface area contributed by atoms with E-state index in [0.29, 0.717) is 12.1 Å². The minimum Gasteiger partial charge on any atom is -0.309 e. The van der Waals surface area contributed by atoms with Crippen LogP contribution in [0.25, 0.3) is 0 Å². The van der Waals surface area contributed by atoms with E-state index in [1.165, 1.54) is 6.92 Å². The predicted molar refractivity (Wildman–Crippen MR) is 58.4 cm³/mol. The van der Waals surface area contributed by atoms with Crippen molar-refractivity contribution in [1.29, 1.82) is 0 Å². The lowest BCUT2D eigenvalue weighted by molar-refractivity contribution is -0.292. The Morgan fingerprint density at radius 3 is 1.90 bits per heavy atom. The molecular weight excluding hydrogens is 310 g/mol. The van der Waals surface area contributed by atoms with Crippen molar-refractivity contribution in [1.82, 2.24) is 5.32 Å². The Labute approximate surface area is 114 Å². The van der Waals surface area contributed by atoms with Gasteiger partial charge in [-0.1, -0.05) is 13.0 Å². The molecule has 0 saturated carbocycles. The molecule has 1 N–H and O–H groups in total. The van der Waals surface area contributed by atoms with Gasteiger partial charge in [0, 0.05) is 11.6 Å². The van der Waals surface area contributed by atoms with Crippen molar-refractivity contribution in [3.8, 4) is 0 Å². The third-order valence-corrected chi connectivity index (χ3v) is 2.76. The molecule has 0 fully saturated rings. The molecule has 9 heteroatoms. The highest BCUT2D eigenvalue weighted by atomic mass is 19.4. The van der Waals surface area contributed by atoms with Gasteiger partial charge in [0.15, 0.2) is 5.92 Å². The van der Waals surface area contributed by atoms with Crippen LogP contribution in [0.4, 0.5) is 35.1 Å². The second-order valence-electron chi connectivity index (χ2n) is 4.26. The first-order chi connectivity index (χ1) is 9.48. The lowest BCUT2D eigenvalue weighted by Crippen LogP contribution is -2.46. The van der Waals surface area contributed by atoms with Crippen LogP contribution in [-0.4, -0.2) is 18.9 Å². The Hall–Kier alpha value is -1.38. The zero-order valence-electron chi connectivity index (χ0n) is 10.6. The molecule has 0 aliphatic carbocycles. The summed E-state index contributed by atoms with van der Waals surface area (Å²) in [5.41, 5.74) is -0.891. The summed E-state index contributed by atoms with van der Waals surface area (Å²) in [4.78, 5) is 0. The standard InChI is InChI=1S/C12H11F8N/c1-2-21-9(7-4-3-6(13)5-8(7)14)10(11(15,16)17)12(18,19)20/h3-5,9-10,21H,2H2,1H3. The topological polar surface area (TPSA) is 12.0 Å². The van der Waals surface area contributed by atoms with Crippen molar-refractivity contribution in [2.24, 2.45) is 5.92 Å². The van der Waals surface area contributed by atoms with Crippen LogP contribution in [0.3, 0.4) is 0 Å². The molecule has 0 aliphatic rings. The highest BCUT2D eigenvalue weighted by Crippen LogP contribution is 2.46. The van der Waals surface area contributed by atoms with Gasteiger partial charge in [-0.15, -0.1) is 0 Å². The summed E-state index contributed by atoms with van der Waals surface area (Å²) >= 11 is 0. The second-order valence-corrected chi connectivity index (χ2v) is 4.26. The van der Waals surface area contributed by atoms with E-state index in [1.54, 1.807) is 0 Å². The number of halogens is 8. The summed E-state index contributed by atoms with van der Waals surface area (Å²) in [5, 5.41) is 1.97. The van der Waals surface area contributed by atoms with Gasteiger partial charge in [-0.25, -0.2) is 8.78 Å². The van der Waals surface area contributed by atoms with Crippen LogP contribution in [0.2, 0.25) is 0 Å². The highest BCUT2D eigenvalue weighted by molar-refractivity contribution is 5.24. The van der Waals surface area contributed by atoms with Crippen molar-refractivity contribution in [2.75, 3.05) is 6.54 Å². The van der Waals surface area contributed by atoms with Crippen molar-refractivity contribution in [2.45, 2.75) is 25.3 Å². The fraction of sp³-hybridized carbons (Fsp3) is 0.500. The predicted octanol–water partition coefficient (Wildman–Crippen LogP) is 4.36. The van der Waals surface area contributed by atoms with Crippen LogP contribution >= 0.6 is 0 Å². The maximum atomic E-state index is 13.5. The lowest BCUT2D eigenvalue weighted by atomic mass is 9.91. The molecular formula is C12H11F8N. The maximum absolute atomic E-state index is 13.5. The molecule has 1 rings (SSSR count). The lowest BCUT2D eigenvalue weighted by Gasteiger charge is -2.31. The minimum atomic E-state index is -5.63. The molecule has 21 heavy (non-hydrogen) atoms. The fourth-order valence-corrected chi connectivity index (χ4v) is 1.94. The second kappa shape index (κ2) is 6.17. The molecule has 0 amide bonds. The van der Waals surface area contributed by atoms with Gasteiger partial charge in [-0.2, -0.15) is 26.3 Å². The van der Waals surface area contributed by atoms with Crippen LogP contribution in [0.15, 0.2) is 18.2 Å². The van der Waals surface area contributed by atoms with E-state index < -0.39 is 41.5 Å². The Balaban J connectivity index is 3.38. The fourth-order valence-electron chi connectivity index (χ4n) is 1.94. The average molecular weight is 321 g/mol. The molecule has 1 nitrogen and oxygen atoms in total. The first-order valence-corrected chi connectivity index (χ1v) is 5.80. The minimum absolute atomic E-state index is 0.240. The number of hydrogen-bond donors (Lipinski definition) is 1. The van der Waals surface area contributed by atoms with Crippen LogP contribution in [0, 0.1) is 17.6 Å². The summed E-state index contributed by atoms with van der Waals surface area (Å²) in [6.45, 7) is 1.02. The Bertz CT molecular complexity index is 465. The van der Waals surface area contributed by atoms with E-state index in [-0.39, 0.29) is 12.6 Å². The van der Waals surface area contributed by atoms with Gasteiger partial charge in [-0.05, 0) is 12.6 Å². The third-order valence-electron chi connectivity index (χ3n) is 2.76. The number of alkyl halides is 6. The summed E-state index contributed by atoms with van der Waals surface area (Å²) < 4.78 is 103. The Morgan fingerprint density at radius 2 is 1.52 bits per heavy atom. The van der Waals surface area contributed by atoms with Crippen LogP contribution < -0.4 is 5.32 Å².